The fourth-order valence-corrected chi connectivity index (χ4v) is 4.82. The molecule has 1 aliphatic rings. The van der Waals surface area contributed by atoms with Gasteiger partial charge in [-0.25, -0.2) is 4.98 Å². The number of fused-ring (bicyclic) bond motifs is 1. The van der Waals surface area contributed by atoms with Gasteiger partial charge in [-0.15, -0.1) is 0 Å². The Hall–Kier alpha value is -1.91. The Labute approximate surface area is 162 Å². The molecule has 5 heteroatoms. The van der Waals surface area contributed by atoms with Gasteiger partial charge in [0.15, 0.2) is 5.13 Å². The van der Waals surface area contributed by atoms with Crippen molar-refractivity contribution in [3.63, 3.8) is 0 Å². The van der Waals surface area contributed by atoms with Crippen LogP contribution in [0.3, 0.4) is 0 Å². The normalized spacial score (nSPS) is 16.0. The van der Waals surface area contributed by atoms with E-state index in [1.807, 2.05) is 36.4 Å². The van der Waals surface area contributed by atoms with E-state index in [0.717, 1.165) is 22.2 Å². The smallest absolute Gasteiger partial charge is 0.233 e. The number of anilines is 1. The molecular weight excluding hydrogens is 364 g/mol. The number of amides is 1. The summed E-state index contributed by atoms with van der Waals surface area (Å²) >= 11 is 7.52. The molecule has 1 saturated carbocycles. The molecule has 0 spiro atoms. The minimum absolute atomic E-state index is 0.0354. The number of rotatable bonds is 5. The lowest BCUT2D eigenvalue weighted by atomic mass is 9.87. The number of nitrogens with zero attached hydrogens (tertiary/aromatic N) is 1. The third-order valence-corrected chi connectivity index (χ3v) is 6.33. The standard InChI is InChI=1S/C21H21ClN2OS/c22-16-10-11-19-18(13-16)23-21(26-19)24-20(25)17(12-14-6-4-5-7-14)15-8-2-1-3-9-15/h1-3,8-11,13-14,17H,4-7,12H2,(H,23,24,25). The molecule has 1 amide bonds. The van der Waals surface area contributed by atoms with E-state index in [0.29, 0.717) is 16.1 Å². The van der Waals surface area contributed by atoms with Crippen molar-refractivity contribution in [3.8, 4) is 0 Å². The molecule has 0 bridgehead atoms. The van der Waals surface area contributed by atoms with E-state index in [-0.39, 0.29) is 11.8 Å². The second kappa shape index (κ2) is 7.77. The number of hydrogen-bond donors (Lipinski definition) is 1. The van der Waals surface area contributed by atoms with Crippen LogP contribution in [0.4, 0.5) is 5.13 Å². The van der Waals surface area contributed by atoms with E-state index >= 15 is 0 Å². The average Bonchev–Trinajstić information content (AvgIpc) is 3.29. The molecule has 26 heavy (non-hydrogen) atoms. The van der Waals surface area contributed by atoms with Gasteiger partial charge in [0.25, 0.3) is 0 Å². The first-order valence-electron chi connectivity index (χ1n) is 9.11. The molecule has 1 unspecified atom stereocenters. The van der Waals surface area contributed by atoms with Crippen molar-refractivity contribution < 1.29 is 4.79 Å². The Morgan fingerprint density at radius 1 is 1.19 bits per heavy atom. The van der Waals surface area contributed by atoms with Crippen LogP contribution in [0, 0.1) is 5.92 Å². The number of thiazole rings is 1. The van der Waals surface area contributed by atoms with Crippen LogP contribution in [0.2, 0.25) is 5.02 Å². The van der Waals surface area contributed by atoms with Gasteiger partial charge >= 0.3 is 0 Å². The summed E-state index contributed by atoms with van der Waals surface area (Å²) in [6, 6.07) is 15.7. The highest BCUT2D eigenvalue weighted by atomic mass is 35.5. The highest BCUT2D eigenvalue weighted by Gasteiger charge is 2.27. The number of carbonyl (C=O) groups excluding carboxylic acids is 1. The Morgan fingerprint density at radius 2 is 1.96 bits per heavy atom. The molecule has 3 nitrogen and oxygen atoms in total. The minimum Gasteiger partial charge on any atom is -0.301 e. The molecule has 0 saturated heterocycles. The number of carbonyl (C=O) groups is 1. The second-order valence-corrected chi connectivity index (χ2v) is 8.44. The van der Waals surface area contributed by atoms with Crippen molar-refractivity contribution in [1.82, 2.24) is 4.98 Å². The molecule has 1 N–H and O–H groups in total. The molecule has 1 fully saturated rings. The zero-order valence-electron chi connectivity index (χ0n) is 14.5. The summed E-state index contributed by atoms with van der Waals surface area (Å²) in [6.07, 6.45) is 5.94. The van der Waals surface area contributed by atoms with Gasteiger partial charge in [0.05, 0.1) is 16.1 Å². The molecular formula is C21H21ClN2OS. The van der Waals surface area contributed by atoms with Crippen molar-refractivity contribution in [2.45, 2.75) is 38.0 Å². The molecule has 4 rings (SSSR count). The molecule has 1 aliphatic carbocycles. The maximum absolute atomic E-state index is 13.1. The van der Waals surface area contributed by atoms with Crippen LogP contribution in [0.1, 0.15) is 43.6 Å². The van der Waals surface area contributed by atoms with Crippen molar-refractivity contribution in [3.05, 3.63) is 59.1 Å². The van der Waals surface area contributed by atoms with Crippen molar-refractivity contribution in [1.29, 1.82) is 0 Å². The van der Waals surface area contributed by atoms with Crippen LogP contribution in [-0.4, -0.2) is 10.9 Å². The quantitative estimate of drug-likeness (QED) is 0.564. The van der Waals surface area contributed by atoms with E-state index in [1.54, 1.807) is 0 Å². The summed E-state index contributed by atoms with van der Waals surface area (Å²) in [7, 11) is 0. The largest absolute Gasteiger partial charge is 0.301 e. The van der Waals surface area contributed by atoms with Crippen LogP contribution < -0.4 is 5.32 Å². The van der Waals surface area contributed by atoms with Gasteiger partial charge in [-0.1, -0.05) is 79.0 Å². The first-order chi connectivity index (χ1) is 12.7. The molecule has 1 heterocycles. The van der Waals surface area contributed by atoms with E-state index in [1.165, 1.54) is 37.0 Å². The summed E-state index contributed by atoms with van der Waals surface area (Å²) in [5.74, 6) is 0.545. The van der Waals surface area contributed by atoms with Crippen molar-refractivity contribution in [2.75, 3.05) is 5.32 Å². The molecule has 0 aliphatic heterocycles. The van der Waals surface area contributed by atoms with E-state index in [9.17, 15) is 4.79 Å². The zero-order chi connectivity index (χ0) is 17.9. The van der Waals surface area contributed by atoms with Gasteiger partial charge < -0.3 is 5.32 Å². The molecule has 3 aromatic rings. The van der Waals surface area contributed by atoms with Crippen molar-refractivity contribution in [2.24, 2.45) is 5.92 Å². The fourth-order valence-electron chi connectivity index (χ4n) is 3.81. The van der Waals surface area contributed by atoms with Gasteiger partial charge in [0, 0.05) is 5.02 Å². The van der Waals surface area contributed by atoms with Gasteiger partial charge in [0.2, 0.25) is 5.91 Å². The fraction of sp³-hybridized carbons (Fsp3) is 0.333. The molecule has 1 aromatic heterocycles. The molecule has 134 valence electrons. The number of benzene rings is 2. The number of nitrogens with one attached hydrogen (secondary N) is 1. The lowest BCUT2D eigenvalue weighted by molar-refractivity contribution is -0.118. The summed E-state index contributed by atoms with van der Waals surface area (Å²) in [6.45, 7) is 0. The predicted octanol–water partition coefficient (Wildman–Crippen LogP) is 6.25. The van der Waals surface area contributed by atoms with Gasteiger partial charge in [-0.3, -0.25) is 4.79 Å². The first-order valence-corrected chi connectivity index (χ1v) is 10.3. The third kappa shape index (κ3) is 3.92. The SMILES string of the molecule is O=C(Nc1nc2cc(Cl)ccc2s1)C(CC1CCCC1)c1ccccc1. The Bertz CT molecular complexity index is 903. The summed E-state index contributed by atoms with van der Waals surface area (Å²) < 4.78 is 1.02. The Balaban J connectivity index is 1.56. The lowest BCUT2D eigenvalue weighted by Gasteiger charge is -2.20. The molecule has 2 aromatic carbocycles. The van der Waals surface area contributed by atoms with E-state index in [2.05, 4.69) is 22.4 Å². The van der Waals surface area contributed by atoms with Crippen LogP contribution in [0.5, 0.6) is 0 Å². The average molecular weight is 385 g/mol. The van der Waals surface area contributed by atoms with E-state index < -0.39 is 0 Å². The number of aromatic nitrogens is 1. The Morgan fingerprint density at radius 3 is 2.73 bits per heavy atom. The van der Waals surface area contributed by atoms with Gasteiger partial charge in [0.1, 0.15) is 0 Å². The van der Waals surface area contributed by atoms with Crippen LogP contribution in [0.15, 0.2) is 48.5 Å². The molecule has 1 atom stereocenters. The summed E-state index contributed by atoms with van der Waals surface area (Å²) in [5.41, 5.74) is 1.91. The van der Waals surface area contributed by atoms with Gasteiger partial charge in [-0.05, 0) is 36.1 Å². The van der Waals surface area contributed by atoms with E-state index in [4.69, 9.17) is 11.6 Å². The summed E-state index contributed by atoms with van der Waals surface area (Å²) in [4.78, 5) is 17.6. The topological polar surface area (TPSA) is 42.0 Å². The maximum Gasteiger partial charge on any atom is 0.233 e. The van der Waals surface area contributed by atoms with Crippen LogP contribution in [0.25, 0.3) is 10.2 Å². The second-order valence-electron chi connectivity index (χ2n) is 6.97. The monoisotopic (exact) mass is 384 g/mol. The predicted molar refractivity (Wildman–Crippen MR) is 109 cm³/mol. The van der Waals surface area contributed by atoms with Crippen molar-refractivity contribution >= 4 is 44.2 Å². The number of hydrogen-bond acceptors (Lipinski definition) is 3. The number of halogens is 1. The first kappa shape index (κ1) is 17.5. The maximum atomic E-state index is 13.1. The highest BCUT2D eigenvalue weighted by molar-refractivity contribution is 7.22. The summed E-state index contributed by atoms with van der Waals surface area (Å²) in [5, 5.41) is 4.34. The lowest BCUT2D eigenvalue weighted by Crippen LogP contribution is -2.23. The van der Waals surface area contributed by atoms with Gasteiger partial charge in [-0.2, -0.15) is 0 Å². The van der Waals surface area contributed by atoms with Crippen LogP contribution >= 0.6 is 22.9 Å². The van der Waals surface area contributed by atoms with Crippen LogP contribution in [-0.2, 0) is 4.79 Å². The zero-order valence-corrected chi connectivity index (χ0v) is 16.0. The Kier molecular flexibility index (Phi) is 5.23. The highest BCUT2D eigenvalue weighted by Crippen LogP contribution is 2.35. The molecule has 0 radical (unpaired) electrons. The third-order valence-electron chi connectivity index (χ3n) is 5.14. The minimum atomic E-state index is -0.130.